The number of hydrogen-bond acceptors (Lipinski definition) is 2. The molecule has 1 aromatic carbocycles. The summed E-state index contributed by atoms with van der Waals surface area (Å²) in [5.41, 5.74) is 1.17. The van der Waals surface area contributed by atoms with Crippen LogP contribution in [-0.4, -0.2) is 21.1 Å². The van der Waals surface area contributed by atoms with Gasteiger partial charge in [-0.1, -0.05) is 18.2 Å². The Morgan fingerprint density at radius 2 is 1.86 bits per heavy atom. The topological polar surface area (TPSA) is 21.3 Å². The number of rotatable bonds is 5. The van der Waals surface area contributed by atoms with Crippen LogP contribution in [0.1, 0.15) is 6.92 Å². The van der Waals surface area contributed by atoms with Crippen LogP contribution in [-0.2, 0) is 4.43 Å². The van der Waals surface area contributed by atoms with Crippen molar-refractivity contribution in [2.75, 3.05) is 18.1 Å². The molecule has 0 amide bonds. The van der Waals surface area contributed by atoms with Gasteiger partial charge >= 0.3 is 0 Å². The Kier molecular flexibility index (Phi) is 4.16. The van der Waals surface area contributed by atoms with Gasteiger partial charge in [0.25, 0.3) is 0 Å². The predicted molar refractivity (Wildman–Crippen MR) is 64.0 cm³/mol. The zero-order chi connectivity index (χ0) is 10.4. The van der Waals surface area contributed by atoms with E-state index in [0.29, 0.717) is 0 Å². The second-order valence-corrected chi connectivity index (χ2v) is 8.07. The molecule has 0 aliphatic heterocycles. The number of para-hydroxylation sites is 1. The van der Waals surface area contributed by atoms with Gasteiger partial charge in [-0.2, -0.15) is 0 Å². The molecule has 2 nitrogen and oxygen atoms in total. The molecule has 0 bridgehead atoms. The van der Waals surface area contributed by atoms with Gasteiger partial charge in [-0.25, -0.2) is 0 Å². The SMILES string of the molecule is CCO[Si](C)(C)CNc1ccccc1. The van der Waals surface area contributed by atoms with Crippen LogP contribution >= 0.6 is 0 Å². The molecule has 0 fully saturated rings. The van der Waals surface area contributed by atoms with Crippen molar-refractivity contribution in [2.45, 2.75) is 20.0 Å². The molecular weight excluding hydrogens is 190 g/mol. The van der Waals surface area contributed by atoms with Crippen LogP contribution < -0.4 is 5.32 Å². The van der Waals surface area contributed by atoms with Crippen molar-refractivity contribution in [3.05, 3.63) is 30.3 Å². The van der Waals surface area contributed by atoms with Crippen molar-refractivity contribution in [3.63, 3.8) is 0 Å². The first-order chi connectivity index (χ1) is 6.64. The van der Waals surface area contributed by atoms with Crippen molar-refractivity contribution in [2.24, 2.45) is 0 Å². The maximum Gasteiger partial charge on any atom is 0.205 e. The van der Waals surface area contributed by atoms with E-state index < -0.39 is 8.32 Å². The van der Waals surface area contributed by atoms with Gasteiger partial charge in [0.05, 0.1) is 0 Å². The Balaban J connectivity index is 2.40. The minimum Gasteiger partial charge on any atom is -0.416 e. The van der Waals surface area contributed by atoms with Crippen molar-refractivity contribution < 1.29 is 4.43 Å². The first-order valence-electron chi connectivity index (χ1n) is 5.07. The van der Waals surface area contributed by atoms with Gasteiger partial charge in [0, 0.05) is 18.5 Å². The lowest BCUT2D eigenvalue weighted by atomic mass is 10.3. The third-order valence-electron chi connectivity index (χ3n) is 2.03. The van der Waals surface area contributed by atoms with Gasteiger partial charge in [0.2, 0.25) is 8.32 Å². The number of anilines is 1. The fourth-order valence-electron chi connectivity index (χ4n) is 1.31. The highest BCUT2D eigenvalue weighted by Crippen LogP contribution is 2.09. The van der Waals surface area contributed by atoms with Crippen LogP contribution in [0, 0.1) is 0 Å². The highest BCUT2D eigenvalue weighted by molar-refractivity contribution is 6.71. The quantitative estimate of drug-likeness (QED) is 0.753. The summed E-state index contributed by atoms with van der Waals surface area (Å²) in [6.07, 6.45) is 0.963. The average molecular weight is 209 g/mol. The molecule has 1 rings (SSSR count). The van der Waals surface area contributed by atoms with Gasteiger partial charge in [-0.05, 0) is 32.2 Å². The standard InChI is InChI=1S/C11H19NOSi/c1-4-13-14(2,3)10-12-11-8-6-5-7-9-11/h5-9,12H,4,10H2,1-3H3. The van der Waals surface area contributed by atoms with Gasteiger partial charge in [0.1, 0.15) is 0 Å². The van der Waals surface area contributed by atoms with Crippen molar-refractivity contribution in [1.82, 2.24) is 0 Å². The molecule has 0 aromatic heterocycles. The molecule has 0 saturated carbocycles. The van der Waals surface area contributed by atoms with Crippen LogP contribution in [0.15, 0.2) is 30.3 Å². The third kappa shape index (κ3) is 3.94. The molecule has 0 aliphatic rings. The molecule has 0 radical (unpaired) electrons. The van der Waals surface area contributed by atoms with E-state index in [2.05, 4.69) is 37.5 Å². The third-order valence-corrected chi connectivity index (χ3v) is 4.13. The summed E-state index contributed by atoms with van der Waals surface area (Å²) in [5, 5.41) is 3.41. The van der Waals surface area contributed by atoms with E-state index in [9.17, 15) is 0 Å². The number of hydrogen-bond donors (Lipinski definition) is 1. The van der Waals surface area contributed by atoms with Crippen LogP contribution in [0.4, 0.5) is 5.69 Å². The molecule has 78 valence electrons. The summed E-state index contributed by atoms with van der Waals surface area (Å²) in [7, 11) is -1.50. The van der Waals surface area contributed by atoms with Crippen LogP contribution in [0.2, 0.25) is 13.1 Å². The lowest BCUT2D eigenvalue weighted by Gasteiger charge is -2.22. The predicted octanol–water partition coefficient (Wildman–Crippen LogP) is 2.88. The Bertz CT molecular complexity index is 261. The second kappa shape index (κ2) is 5.17. The summed E-state index contributed by atoms with van der Waals surface area (Å²) in [5.74, 6) is 0. The number of benzene rings is 1. The minimum atomic E-state index is -1.50. The lowest BCUT2D eigenvalue weighted by Crippen LogP contribution is -2.39. The van der Waals surface area contributed by atoms with Gasteiger partial charge in [0.15, 0.2) is 0 Å². The summed E-state index contributed by atoms with van der Waals surface area (Å²) in [4.78, 5) is 0. The maximum absolute atomic E-state index is 5.73. The first kappa shape index (κ1) is 11.3. The summed E-state index contributed by atoms with van der Waals surface area (Å²) in [6.45, 7) is 7.33. The van der Waals surface area contributed by atoms with E-state index in [4.69, 9.17) is 4.43 Å². The van der Waals surface area contributed by atoms with Crippen LogP contribution in [0.25, 0.3) is 0 Å². The smallest absolute Gasteiger partial charge is 0.205 e. The molecule has 3 heteroatoms. The molecule has 1 aromatic rings. The van der Waals surface area contributed by atoms with Crippen LogP contribution in [0.5, 0.6) is 0 Å². The molecule has 14 heavy (non-hydrogen) atoms. The molecule has 0 aliphatic carbocycles. The molecular formula is C11H19NOSi. The van der Waals surface area contributed by atoms with Crippen molar-refractivity contribution >= 4 is 14.0 Å². The summed E-state index contributed by atoms with van der Waals surface area (Å²) < 4.78 is 5.73. The maximum atomic E-state index is 5.73. The van der Waals surface area contributed by atoms with Gasteiger partial charge in [-0.15, -0.1) is 0 Å². The molecule has 0 heterocycles. The first-order valence-corrected chi connectivity index (χ1v) is 8.18. The van der Waals surface area contributed by atoms with E-state index in [1.54, 1.807) is 0 Å². The highest BCUT2D eigenvalue weighted by Gasteiger charge is 2.20. The van der Waals surface area contributed by atoms with Gasteiger partial charge < -0.3 is 9.74 Å². The molecule has 0 atom stereocenters. The molecule has 1 N–H and O–H groups in total. The fourth-order valence-corrected chi connectivity index (χ4v) is 2.83. The van der Waals surface area contributed by atoms with E-state index in [1.807, 2.05) is 18.2 Å². The summed E-state index contributed by atoms with van der Waals surface area (Å²) in [6, 6.07) is 10.3. The zero-order valence-corrected chi connectivity index (χ0v) is 10.2. The Morgan fingerprint density at radius 3 is 2.43 bits per heavy atom. The van der Waals surface area contributed by atoms with E-state index in [1.165, 1.54) is 5.69 Å². The average Bonchev–Trinajstić information content (AvgIpc) is 2.17. The fraction of sp³-hybridized carbons (Fsp3) is 0.455. The van der Waals surface area contributed by atoms with E-state index >= 15 is 0 Å². The zero-order valence-electron chi connectivity index (χ0n) is 9.21. The molecule has 0 unspecified atom stereocenters. The minimum absolute atomic E-state index is 0.815. The second-order valence-electron chi connectivity index (χ2n) is 3.91. The molecule has 0 saturated heterocycles. The Labute approximate surface area is 87.4 Å². The van der Waals surface area contributed by atoms with E-state index in [0.717, 1.165) is 12.8 Å². The molecule has 0 spiro atoms. The van der Waals surface area contributed by atoms with Gasteiger partial charge in [-0.3, -0.25) is 0 Å². The Hall–Kier alpha value is -0.803. The van der Waals surface area contributed by atoms with Crippen LogP contribution in [0.3, 0.4) is 0 Å². The number of nitrogens with one attached hydrogen (secondary N) is 1. The normalized spacial score (nSPS) is 11.4. The monoisotopic (exact) mass is 209 g/mol. The lowest BCUT2D eigenvalue weighted by molar-refractivity contribution is 0.331. The Morgan fingerprint density at radius 1 is 1.21 bits per heavy atom. The van der Waals surface area contributed by atoms with E-state index in [-0.39, 0.29) is 0 Å². The largest absolute Gasteiger partial charge is 0.416 e. The summed E-state index contributed by atoms with van der Waals surface area (Å²) >= 11 is 0. The highest BCUT2D eigenvalue weighted by atomic mass is 28.4. The van der Waals surface area contributed by atoms with Crippen molar-refractivity contribution in [1.29, 1.82) is 0 Å². The van der Waals surface area contributed by atoms with Crippen molar-refractivity contribution in [3.8, 4) is 0 Å².